The molecule has 2 aromatic rings. The van der Waals surface area contributed by atoms with Gasteiger partial charge < -0.3 is 9.80 Å². The van der Waals surface area contributed by atoms with Crippen molar-refractivity contribution < 1.29 is 9.59 Å². The molecular weight excluding hydrogens is 409 g/mol. The van der Waals surface area contributed by atoms with Crippen molar-refractivity contribution in [2.45, 2.75) is 13.5 Å². The molecule has 3 rings (SSSR count). The molecule has 1 aliphatic heterocycles. The Bertz CT molecular complexity index is 878. The Morgan fingerprint density at radius 2 is 1.62 bits per heavy atom. The Morgan fingerprint density at radius 3 is 2.21 bits per heavy atom. The van der Waals surface area contributed by atoms with Gasteiger partial charge in [-0.05, 0) is 48.9 Å². The number of anilines is 1. The highest BCUT2D eigenvalue weighted by Gasteiger charge is 2.21. The van der Waals surface area contributed by atoms with E-state index < -0.39 is 0 Å². The molecule has 0 N–H and O–H groups in total. The van der Waals surface area contributed by atoms with Crippen LogP contribution < -0.4 is 4.90 Å². The number of likely N-dealkylation sites (N-methyl/N-ethyl adjacent to an activating group) is 1. The van der Waals surface area contributed by atoms with E-state index in [1.165, 1.54) is 0 Å². The highest BCUT2D eigenvalue weighted by Crippen LogP contribution is 2.23. The van der Waals surface area contributed by atoms with Gasteiger partial charge in [-0.2, -0.15) is 0 Å². The summed E-state index contributed by atoms with van der Waals surface area (Å²) in [5.41, 5.74) is 2.79. The van der Waals surface area contributed by atoms with Crippen molar-refractivity contribution in [2.24, 2.45) is 0 Å². The molecule has 0 bridgehead atoms. The van der Waals surface area contributed by atoms with E-state index in [2.05, 4.69) is 9.80 Å². The summed E-state index contributed by atoms with van der Waals surface area (Å²) in [5, 5.41) is 1.01. The molecule has 1 saturated heterocycles. The van der Waals surface area contributed by atoms with E-state index in [9.17, 15) is 9.59 Å². The number of ketones is 1. The zero-order chi connectivity index (χ0) is 21.0. The normalized spacial score (nSPS) is 14.7. The van der Waals surface area contributed by atoms with Crippen molar-refractivity contribution in [2.75, 3.05) is 44.7 Å². The van der Waals surface area contributed by atoms with E-state index in [1.807, 2.05) is 30.3 Å². The average molecular weight is 434 g/mol. The highest BCUT2D eigenvalue weighted by atomic mass is 35.5. The van der Waals surface area contributed by atoms with Gasteiger partial charge in [0.05, 0.1) is 16.6 Å². The second-order valence-corrected chi connectivity index (χ2v) is 8.18. The lowest BCUT2D eigenvalue weighted by molar-refractivity contribution is -0.131. The first-order chi connectivity index (χ1) is 13.8. The van der Waals surface area contributed by atoms with Crippen LogP contribution in [-0.2, 0) is 11.3 Å². The van der Waals surface area contributed by atoms with E-state index in [1.54, 1.807) is 31.0 Å². The lowest BCUT2D eigenvalue weighted by Crippen LogP contribution is -2.49. The molecule has 7 heteroatoms. The van der Waals surface area contributed by atoms with Crippen molar-refractivity contribution in [3.8, 4) is 0 Å². The molecule has 154 valence electrons. The van der Waals surface area contributed by atoms with Crippen molar-refractivity contribution in [3.63, 3.8) is 0 Å². The average Bonchev–Trinajstić information content (AvgIpc) is 2.71. The molecule has 1 amide bonds. The SMILES string of the molecule is CC(=O)c1ccc(N2CCN(CC(=O)N(C)Cc3ccc(Cl)c(Cl)c3)CC2)cc1. The van der Waals surface area contributed by atoms with Crippen LogP contribution in [0.15, 0.2) is 42.5 Å². The van der Waals surface area contributed by atoms with Crippen LogP contribution in [0.5, 0.6) is 0 Å². The maximum absolute atomic E-state index is 12.6. The summed E-state index contributed by atoms with van der Waals surface area (Å²) in [6.45, 7) is 5.81. The number of rotatable bonds is 6. The van der Waals surface area contributed by atoms with Crippen LogP contribution in [0.2, 0.25) is 10.0 Å². The molecule has 0 atom stereocenters. The van der Waals surface area contributed by atoms with Crippen molar-refractivity contribution in [1.29, 1.82) is 0 Å². The van der Waals surface area contributed by atoms with Gasteiger partial charge in [-0.25, -0.2) is 0 Å². The Morgan fingerprint density at radius 1 is 0.966 bits per heavy atom. The Hall–Kier alpha value is -2.08. The number of carbonyl (C=O) groups is 2. The predicted octanol–water partition coefficient (Wildman–Crippen LogP) is 3.98. The van der Waals surface area contributed by atoms with Crippen molar-refractivity contribution in [3.05, 3.63) is 63.6 Å². The largest absolute Gasteiger partial charge is 0.369 e. The van der Waals surface area contributed by atoms with Gasteiger partial charge >= 0.3 is 0 Å². The first kappa shape index (κ1) is 21.6. The highest BCUT2D eigenvalue weighted by molar-refractivity contribution is 6.42. The third-order valence-corrected chi connectivity index (χ3v) is 5.94. The molecule has 0 aromatic heterocycles. The molecule has 0 aliphatic carbocycles. The Labute approximate surface area is 181 Å². The third kappa shape index (κ3) is 5.72. The lowest BCUT2D eigenvalue weighted by Gasteiger charge is -2.36. The molecule has 0 unspecified atom stereocenters. The maximum Gasteiger partial charge on any atom is 0.236 e. The third-order valence-electron chi connectivity index (χ3n) is 5.20. The second-order valence-electron chi connectivity index (χ2n) is 7.36. The molecular formula is C22H25Cl2N3O2. The number of hydrogen-bond acceptors (Lipinski definition) is 4. The number of nitrogens with zero attached hydrogens (tertiary/aromatic N) is 3. The summed E-state index contributed by atoms with van der Waals surface area (Å²) < 4.78 is 0. The minimum atomic E-state index is 0.0740. The fraction of sp³-hybridized carbons (Fsp3) is 0.364. The summed E-state index contributed by atoms with van der Waals surface area (Å²) in [6, 6.07) is 13.1. The summed E-state index contributed by atoms with van der Waals surface area (Å²) in [4.78, 5) is 30.2. The van der Waals surface area contributed by atoms with Gasteiger partial charge in [0.15, 0.2) is 5.78 Å². The van der Waals surface area contributed by atoms with E-state index in [0.717, 1.165) is 43.0 Å². The van der Waals surface area contributed by atoms with Gasteiger partial charge in [0.2, 0.25) is 5.91 Å². The topological polar surface area (TPSA) is 43.9 Å². The molecule has 1 heterocycles. The van der Waals surface area contributed by atoms with Crippen LogP contribution in [0.25, 0.3) is 0 Å². The Kier molecular flexibility index (Phi) is 7.17. The van der Waals surface area contributed by atoms with Crippen LogP contribution in [0.1, 0.15) is 22.8 Å². The Balaban J connectivity index is 1.48. The summed E-state index contributed by atoms with van der Waals surface area (Å²) in [5.74, 6) is 0.153. The molecule has 1 aliphatic rings. The number of Topliss-reactive ketones (excluding diaryl/α,β-unsaturated/α-hetero) is 1. The molecule has 2 aromatic carbocycles. The summed E-state index contributed by atoms with van der Waals surface area (Å²) in [7, 11) is 1.80. The van der Waals surface area contributed by atoms with Gasteiger partial charge in [-0.1, -0.05) is 29.3 Å². The molecule has 0 saturated carbocycles. The monoisotopic (exact) mass is 433 g/mol. The summed E-state index contributed by atoms with van der Waals surface area (Å²) in [6.07, 6.45) is 0. The van der Waals surface area contributed by atoms with Crippen LogP contribution in [0.3, 0.4) is 0 Å². The standard InChI is InChI=1S/C22H25Cl2N3O2/c1-16(28)18-4-6-19(7-5-18)27-11-9-26(10-12-27)15-22(29)25(2)14-17-3-8-20(23)21(24)13-17/h3-8,13H,9-12,14-15H2,1-2H3. The van der Waals surface area contributed by atoms with Gasteiger partial charge in [0, 0.05) is 51.0 Å². The number of halogens is 2. The van der Waals surface area contributed by atoms with Gasteiger partial charge in [-0.15, -0.1) is 0 Å². The van der Waals surface area contributed by atoms with Gasteiger partial charge in [0.1, 0.15) is 0 Å². The van der Waals surface area contributed by atoms with Gasteiger partial charge in [-0.3, -0.25) is 14.5 Å². The number of piperazine rings is 1. The zero-order valence-electron chi connectivity index (χ0n) is 16.7. The number of carbonyl (C=O) groups excluding carboxylic acids is 2. The maximum atomic E-state index is 12.6. The quantitative estimate of drug-likeness (QED) is 0.646. The lowest BCUT2D eigenvalue weighted by atomic mass is 10.1. The fourth-order valence-electron chi connectivity index (χ4n) is 3.38. The molecule has 1 fully saturated rings. The first-order valence-corrected chi connectivity index (χ1v) is 10.4. The van der Waals surface area contributed by atoms with Crippen LogP contribution in [-0.4, -0.2) is 61.3 Å². The van der Waals surface area contributed by atoms with E-state index in [-0.39, 0.29) is 11.7 Å². The van der Waals surface area contributed by atoms with Crippen LogP contribution in [0.4, 0.5) is 5.69 Å². The van der Waals surface area contributed by atoms with Crippen LogP contribution in [0, 0.1) is 0 Å². The van der Waals surface area contributed by atoms with E-state index >= 15 is 0 Å². The van der Waals surface area contributed by atoms with Crippen molar-refractivity contribution >= 4 is 40.6 Å². The molecule has 0 spiro atoms. The molecule has 29 heavy (non-hydrogen) atoms. The minimum Gasteiger partial charge on any atom is -0.369 e. The zero-order valence-corrected chi connectivity index (χ0v) is 18.2. The number of amides is 1. The smallest absolute Gasteiger partial charge is 0.236 e. The summed E-state index contributed by atoms with van der Waals surface area (Å²) >= 11 is 12.0. The van der Waals surface area contributed by atoms with E-state index in [4.69, 9.17) is 23.2 Å². The predicted molar refractivity (Wildman–Crippen MR) is 118 cm³/mol. The second kappa shape index (κ2) is 9.61. The number of benzene rings is 2. The fourth-order valence-corrected chi connectivity index (χ4v) is 3.70. The van der Waals surface area contributed by atoms with Gasteiger partial charge in [0.25, 0.3) is 0 Å². The molecule has 5 nitrogen and oxygen atoms in total. The first-order valence-electron chi connectivity index (χ1n) is 9.59. The minimum absolute atomic E-state index is 0.0740. The van der Waals surface area contributed by atoms with Crippen LogP contribution >= 0.6 is 23.2 Å². The molecule has 0 radical (unpaired) electrons. The van der Waals surface area contributed by atoms with Crippen molar-refractivity contribution in [1.82, 2.24) is 9.80 Å². The van der Waals surface area contributed by atoms with E-state index in [0.29, 0.717) is 23.1 Å². The number of hydrogen-bond donors (Lipinski definition) is 0.